The van der Waals surface area contributed by atoms with Crippen LogP contribution in [0, 0.1) is 0 Å². The van der Waals surface area contributed by atoms with Gasteiger partial charge in [0.2, 0.25) is 0 Å². The van der Waals surface area contributed by atoms with E-state index < -0.39 is 23.1 Å². The highest BCUT2D eigenvalue weighted by molar-refractivity contribution is 7.99. The van der Waals surface area contributed by atoms with E-state index in [1.807, 2.05) is 6.92 Å². The lowest BCUT2D eigenvalue weighted by atomic mass is 10.1. The lowest BCUT2D eigenvalue weighted by Crippen LogP contribution is -2.17. The fraction of sp³-hybridized carbons (Fsp3) is 0.214. The van der Waals surface area contributed by atoms with Gasteiger partial charge in [0, 0.05) is 5.56 Å². The van der Waals surface area contributed by atoms with Gasteiger partial charge in [0.1, 0.15) is 0 Å². The van der Waals surface area contributed by atoms with Gasteiger partial charge < -0.3 is 4.98 Å². The summed E-state index contributed by atoms with van der Waals surface area (Å²) in [7, 11) is 0. The van der Waals surface area contributed by atoms with Gasteiger partial charge in [-0.1, -0.05) is 35.3 Å². The van der Waals surface area contributed by atoms with Crippen molar-refractivity contribution in [1.29, 1.82) is 0 Å². The van der Waals surface area contributed by atoms with Gasteiger partial charge in [0.05, 0.1) is 5.56 Å². The molecule has 2 heterocycles. The molecule has 0 fully saturated rings. The molecule has 0 atom stereocenters. The smallest absolute Gasteiger partial charge is 0.317 e. The third kappa shape index (κ3) is 2.88. The van der Waals surface area contributed by atoms with Gasteiger partial charge in [-0.2, -0.15) is 13.2 Å². The van der Waals surface area contributed by atoms with Crippen molar-refractivity contribution in [3.63, 3.8) is 0 Å². The van der Waals surface area contributed by atoms with Crippen LogP contribution in [0.3, 0.4) is 0 Å². The third-order valence-corrected chi connectivity index (χ3v) is 3.95. The van der Waals surface area contributed by atoms with E-state index in [0.717, 1.165) is 24.3 Å². The number of halogens is 4. The maximum atomic E-state index is 14.2. The maximum absolute atomic E-state index is 14.2. The highest BCUT2D eigenvalue weighted by Gasteiger charge is 2.30. The monoisotopic (exact) mass is 358 g/mol. The zero-order valence-electron chi connectivity index (χ0n) is 12.2. The zero-order chi connectivity index (χ0) is 17.5. The predicted octanol–water partition coefficient (Wildman–Crippen LogP) is 3.65. The number of fused-ring (bicyclic) bond motifs is 1. The highest BCUT2D eigenvalue weighted by Crippen LogP contribution is 2.30. The van der Waals surface area contributed by atoms with Crippen molar-refractivity contribution in [2.75, 3.05) is 5.75 Å². The largest absolute Gasteiger partial charge is 0.416 e. The predicted molar refractivity (Wildman–Crippen MR) is 81.5 cm³/mol. The second kappa shape index (κ2) is 5.93. The number of aromatic amines is 1. The van der Waals surface area contributed by atoms with Gasteiger partial charge in [-0.3, -0.25) is 4.79 Å². The van der Waals surface area contributed by atoms with E-state index in [1.54, 1.807) is 0 Å². The van der Waals surface area contributed by atoms with Crippen molar-refractivity contribution in [1.82, 2.24) is 19.7 Å². The van der Waals surface area contributed by atoms with E-state index in [0.29, 0.717) is 10.9 Å². The summed E-state index contributed by atoms with van der Waals surface area (Å²) in [5.41, 5.74) is -1.93. The summed E-state index contributed by atoms with van der Waals surface area (Å²) in [5, 5.41) is 0.418. The zero-order valence-corrected chi connectivity index (χ0v) is 13.0. The van der Waals surface area contributed by atoms with Crippen LogP contribution in [0.4, 0.5) is 17.7 Å². The molecule has 0 aliphatic rings. The molecule has 0 amide bonds. The summed E-state index contributed by atoms with van der Waals surface area (Å²) in [6.07, 6.45) is -4.50. The number of thioether (sulfide) groups is 1. The van der Waals surface area contributed by atoms with Gasteiger partial charge in [0.15, 0.2) is 22.1 Å². The van der Waals surface area contributed by atoms with Crippen LogP contribution in [-0.2, 0) is 6.18 Å². The molecule has 0 spiro atoms. The molecule has 0 saturated heterocycles. The fourth-order valence-electron chi connectivity index (χ4n) is 2.10. The number of rotatable bonds is 3. The van der Waals surface area contributed by atoms with Crippen molar-refractivity contribution in [2.24, 2.45) is 0 Å². The first-order valence-corrected chi connectivity index (χ1v) is 7.79. The topological polar surface area (TPSA) is 63.6 Å². The SMILES string of the molecule is CCSc1nc2c(=O)n(F)c(-c3ccc(C(F)(F)F)cc3)nc2[nH]1. The van der Waals surface area contributed by atoms with Crippen LogP contribution in [0.15, 0.2) is 34.2 Å². The minimum absolute atomic E-state index is 0.0452. The van der Waals surface area contributed by atoms with E-state index in [4.69, 9.17) is 0 Å². The molecule has 1 aromatic carbocycles. The van der Waals surface area contributed by atoms with Gasteiger partial charge >= 0.3 is 11.7 Å². The minimum atomic E-state index is -4.50. The molecule has 126 valence electrons. The molecular weight excluding hydrogens is 348 g/mol. The first kappa shape index (κ1) is 16.5. The second-order valence-corrected chi connectivity index (χ2v) is 6.02. The molecule has 3 aromatic rings. The van der Waals surface area contributed by atoms with E-state index in [2.05, 4.69) is 15.0 Å². The summed E-state index contributed by atoms with van der Waals surface area (Å²) in [5.74, 6) is 0.299. The third-order valence-electron chi connectivity index (χ3n) is 3.20. The Morgan fingerprint density at radius 2 is 1.88 bits per heavy atom. The number of alkyl halides is 3. The number of hydrogen-bond donors (Lipinski definition) is 1. The average Bonchev–Trinajstić information content (AvgIpc) is 2.93. The molecule has 0 aliphatic carbocycles. The van der Waals surface area contributed by atoms with Crippen LogP contribution in [-0.4, -0.2) is 25.5 Å². The molecule has 2 aromatic heterocycles. The van der Waals surface area contributed by atoms with Gasteiger partial charge in [0.25, 0.3) is 0 Å². The van der Waals surface area contributed by atoms with Crippen LogP contribution < -0.4 is 5.56 Å². The van der Waals surface area contributed by atoms with Crippen LogP contribution >= 0.6 is 11.8 Å². The first-order valence-electron chi connectivity index (χ1n) is 6.80. The van der Waals surface area contributed by atoms with Crippen LogP contribution in [0.2, 0.25) is 0 Å². The molecule has 0 unspecified atom stereocenters. The number of H-pyrrole nitrogens is 1. The Balaban J connectivity index is 2.12. The Morgan fingerprint density at radius 3 is 2.46 bits per heavy atom. The molecule has 1 N–H and O–H groups in total. The summed E-state index contributed by atoms with van der Waals surface area (Å²) in [6.45, 7) is 1.88. The van der Waals surface area contributed by atoms with Crippen LogP contribution in [0.5, 0.6) is 0 Å². The number of benzene rings is 1. The van der Waals surface area contributed by atoms with Crippen molar-refractivity contribution < 1.29 is 17.7 Å². The Labute approximate surface area is 136 Å². The van der Waals surface area contributed by atoms with Crippen molar-refractivity contribution >= 4 is 22.9 Å². The van der Waals surface area contributed by atoms with Crippen molar-refractivity contribution in [3.8, 4) is 11.4 Å². The molecule has 0 saturated carbocycles. The number of hydrogen-bond acceptors (Lipinski definition) is 4. The summed E-state index contributed by atoms with van der Waals surface area (Å²) in [6, 6.07) is 3.73. The van der Waals surface area contributed by atoms with E-state index in [1.165, 1.54) is 11.8 Å². The van der Waals surface area contributed by atoms with E-state index in [9.17, 15) is 22.4 Å². The molecule has 0 aliphatic heterocycles. The second-order valence-electron chi connectivity index (χ2n) is 4.77. The Hall–Kier alpha value is -2.36. The quantitative estimate of drug-likeness (QED) is 0.573. The van der Waals surface area contributed by atoms with E-state index >= 15 is 0 Å². The molecule has 10 heteroatoms. The minimum Gasteiger partial charge on any atom is -0.317 e. The molecule has 0 radical (unpaired) electrons. The Kier molecular flexibility index (Phi) is 4.08. The number of imidazole rings is 1. The molecule has 3 rings (SSSR count). The van der Waals surface area contributed by atoms with Gasteiger partial charge in [-0.15, -0.1) is 4.79 Å². The lowest BCUT2D eigenvalue weighted by molar-refractivity contribution is -0.137. The maximum Gasteiger partial charge on any atom is 0.416 e. The van der Waals surface area contributed by atoms with Crippen LogP contribution in [0.25, 0.3) is 22.6 Å². The first-order chi connectivity index (χ1) is 11.3. The number of nitrogens with one attached hydrogen (secondary N) is 1. The summed E-state index contributed by atoms with van der Waals surface area (Å²) < 4.78 is 52.0. The molecule has 0 bridgehead atoms. The molecule has 24 heavy (non-hydrogen) atoms. The van der Waals surface area contributed by atoms with Crippen LogP contribution in [0.1, 0.15) is 12.5 Å². The fourth-order valence-corrected chi connectivity index (χ4v) is 2.70. The number of aromatic nitrogens is 4. The van der Waals surface area contributed by atoms with Gasteiger partial charge in [-0.25, -0.2) is 9.97 Å². The average molecular weight is 358 g/mol. The summed E-state index contributed by atoms with van der Waals surface area (Å²) in [4.78, 5) is 22.6. The molecular formula is C14H10F4N4OS. The van der Waals surface area contributed by atoms with E-state index in [-0.39, 0.29) is 21.5 Å². The standard InChI is InChI=1S/C14H10F4N4OS/c1-2-24-13-19-9-10(21-13)20-11(22(18)12(9)23)7-3-5-8(6-4-7)14(15,16)17/h3-6H,2H2,1H3,(H,19,21). The van der Waals surface area contributed by atoms with Gasteiger partial charge in [-0.05, 0) is 17.9 Å². The highest BCUT2D eigenvalue weighted by atomic mass is 32.2. The Bertz CT molecular complexity index is 946. The number of nitrogens with zero attached hydrogens (tertiary/aromatic N) is 3. The lowest BCUT2D eigenvalue weighted by Gasteiger charge is -2.08. The summed E-state index contributed by atoms with van der Waals surface area (Å²) >= 11 is 1.32. The normalized spacial score (nSPS) is 12.0. The Morgan fingerprint density at radius 1 is 1.21 bits per heavy atom. The van der Waals surface area contributed by atoms with Crippen molar-refractivity contribution in [3.05, 3.63) is 40.2 Å². The van der Waals surface area contributed by atoms with Crippen molar-refractivity contribution in [2.45, 2.75) is 18.3 Å². The molecule has 5 nitrogen and oxygen atoms in total.